The van der Waals surface area contributed by atoms with E-state index in [1.54, 1.807) is 23.1 Å². The number of carbonyl (C=O) groups is 1. The molecule has 0 atom stereocenters. The summed E-state index contributed by atoms with van der Waals surface area (Å²) in [5.74, 6) is -0.207. The van der Waals surface area contributed by atoms with Gasteiger partial charge in [0, 0.05) is 6.54 Å². The maximum atomic E-state index is 12.9. The Kier molecular flexibility index (Phi) is 5.17. The third kappa shape index (κ3) is 4.13. The van der Waals surface area contributed by atoms with Gasteiger partial charge in [-0.05, 0) is 30.5 Å². The van der Waals surface area contributed by atoms with Gasteiger partial charge in [-0.3, -0.25) is 4.79 Å². The topological polar surface area (TPSA) is 53.4 Å². The molecule has 1 aliphatic carbocycles. The van der Waals surface area contributed by atoms with Gasteiger partial charge >= 0.3 is 0 Å². The van der Waals surface area contributed by atoms with E-state index in [-0.39, 0.29) is 5.91 Å². The highest BCUT2D eigenvalue weighted by atomic mass is 35.5. The Hall–Kier alpha value is -1.91. The van der Waals surface area contributed by atoms with E-state index < -0.39 is 5.60 Å². The maximum Gasteiger partial charge on any atom is 0.272 e. The van der Waals surface area contributed by atoms with Crippen molar-refractivity contribution in [1.82, 2.24) is 9.88 Å². The summed E-state index contributed by atoms with van der Waals surface area (Å²) in [5, 5.41) is 11.0. The Bertz CT molecular complexity index is 700. The number of halogens is 1. The van der Waals surface area contributed by atoms with Crippen molar-refractivity contribution >= 4 is 17.5 Å². The SMILES string of the molecule is O=C(c1cccc(Cl)n1)N(Cc1ccccc1)CC1(O)CCCC1. The minimum atomic E-state index is -0.803. The van der Waals surface area contributed by atoms with E-state index in [1.807, 2.05) is 30.3 Å². The van der Waals surface area contributed by atoms with Crippen LogP contribution in [0.15, 0.2) is 48.5 Å². The molecular formula is C19H21ClN2O2. The second kappa shape index (κ2) is 7.32. The van der Waals surface area contributed by atoms with Crippen LogP contribution >= 0.6 is 11.6 Å². The van der Waals surface area contributed by atoms with Crippen molar-refractivity contribution in [3.63, 3.8) is 0 Å². The number of rotatable bonds is 5. The summed E-state index contributed by atoms with van der Waals surface area (Å²) in [6, 6.07) is 14.8. The quantitative estimate of drug-likeness (QED) is 0.842. The average Bonchev–Trinajstić information content (AvgIpc) is 3.01. The number of carbonyl (C=O) groups excluding carboxylic acids is 1. The fourth-order valence-corrected chi connectivity index (χ4v) is 3.40. The Balaban J connectivity index is 1.84. The first-order valence-electron chi connectivity index (χ1n) is 8.24. The first kappa shape index (κ1) is 16.9. The molecule has 1 aromatic carbocycles. The summed E-state index contributed by atoms with van der Waals surface area (Å²) in [5.41, 5.74) is 0.526. The maximum absolute atomic E-state index is 12.9. The molecule has 0 bridgehead atoms. The standard InChI is InChI=1S/C19H21ClN2O2/c20-17-10-6-9-16(21-17)18(23)22(13-15-7-2-1-3-8-15)14-19(24)11-4-5-12-19/h1-3,6-10,24H,4-5,11-14H2. The zero-order valence-corrected chi connectivity index (χ0v) is 14.2. The van der Waals surface area contributed by atoms with Crippen LogP contribution in [0.4, 0.5) is 0 Å². The number of hydrogen-bond donors (Lipinski definition) is 1. The number of aliphatic hydroxyl groups is 1. The van der Waals surface area contributed by atoms with E-state index in [1.165, 1.54) is 0 Å². The normalized spacial score (nSPS) is 16.1. The lowest BCUT2D eigenvalue weighted by Crippen LogP contribution is -2.44. The fraction of sp³-hybridized carbons (Fsp3) is 0.368. The van der Waals surface area contributed by atoms with Crippen LogP contribution in [0.3, 0.4) is 0 Å². The highest BCUT2D eigenvalue weighted by Crippen LogP contribution is 2.31. The molecule has 1 aromatic heterocycles. The third-order valence-electron chi connectivity index (χ3n) is 4.46. The van der Waals surface area contributed by atoms with Gasteiger partial charge in [0.25, 0.3) is 5.91 Å². The first-order valence-corrected chi connectivity index (χ1v) is 8.62. The average molecular weight is 345 g/mol. The summed E-state index contributed by atoms with van der Waals surface area (Å²) in [6.45, 7) is 0.755. The molecule has 2 aromatic rings. The van der Waals surface area contributed by atoms with Gasteiger partial charge < -0.3 is 10.0 Å². The Morgan fingerprint density at radius 1 is 1.12 bits per heavy atom. The van der Waals surface area contributed by atoms with Crippen molar-refractivity contribution < 1.29 is 9.90 Å². The van der Waals surface area contributed by atoms with Gasteiger partial charge in [0.15, 0.2) is 0 Å². The molecule has 1 saturated carbocycles. The Morgan fingerprint density at radius 3 is 2.50 bits per heavy atom. The van der Waals surface area contributed by atoms with E-state index in [2.05, 4.69) is 4.98 Å². The molecule has 1 heterocycles. The van der Waals surface area contributed by atoms with Crippen molar-refractivity contribution in [2.45, 2.75) is 37.8 Å². The summed E-state index contributed by atoms with van der Waals surface area (Å²) < 4.78 is 0. The van der Waals surface area contributed by atoms with E-state index in [9.17, 15) is 9.90 Å². The van der Waals surface area contributed by atoms with Crippen molar-refractivity contribution in [2.24, 2.45) is 0 Å². The van der Waals surface area contributed by atoms with Crippen molar-refractivity contribution in [3.05, 3.63) is 64.9 Å². The molecule has 1 aliphatic rings. The molecule has 1 amide bonds. The highest BCUT2D eigenvalue weighted by molar-refractivity contribution is 6.29. The monoisotopic (exact) mass is 344 g/mol. The van der Waals surface area contributed by atoms with Crippen LogP contribution in [0.1, 0.15) is 41.7 Å². The number of pyridine rings is 1. The summed E-state index contributed by atoms with van der Waals surface area (Å²) in [7, 11) is 0. The van der Waals surface area contributed by atoms with Crippen molar-refractivity contribution in [2.75, 3.05) is 6.54 Å². The summed E-state index contributed by atoms with van der Waals surface area (Å²) >= 11 is 5.92. The van der Waals surface area contributed by atoms with Crippen LogP contribution in [0, 0.1) is 0 Å². The van der Waals surface area contributed by atoms with Gasteiger partial charge in [0.1, 0.15) is 10.8 Å². The molecule has 3 rings (SSSR count). The highest BCUT2D eigenvalue weighted by Gasteiger charge is 2.35. The minimum Gasteiger partial charge on any atom is -0.388 e. The van der Waals surface area contributed by atoms with E-state index >= 15 is 0 Å². The van der Waals surface area contributed by atoms with Crippen LogP contribution in [-0.2, 0) is 6.54 Å². The molecule has 0 saturated heterocycles. The Morgan fingerprint density at radius 2 is 1.83 bits per heavy atom. The molecule has 0 radical (unpaired) electrons. The van der Waals surface area contributed by atoms with Gasteiger partial charge in [0.05, 0.1) is 12.1 Å². The zero-order valence-electron chi connectivity index (χ0n) is 13.5. The van der Waals surface area contributed by atoms with E-state index in [0.29, 0.717) is 23.9 Å². The lowest BCUT2D eigenvalue weighted by molar-refractivity contribution is 0.00764. The zero-order chi connectivity index (χ0) is 17.0. The van der Waals surface area contributed by atoms with Crippen molar-refractivity contribution in [3.8, 4) is 0 Å². The number of aromatic nitrogens is 1. The van der Waals surface area contributed by atoms with Gasteiger partial charge in [0.2, 0.25) is 0 Å². The Labute approximate surface area is 147 Å². The molecular weight excluding hydrogens is 324 g/mol. The predicted molar refractivity (Wildman–Crippen MR) is 93.8 cm³/mol. The molecule has 0 spiro atoms. The summed E-state index contributed by atoms with van der Waals surface area (Å²) in [4.78, 5) is 18.7. The number of nitrogens with zero attached hydrogens (tertiary/aromatic N) is 2. The van der Waals surface area contributed by atoms with Gasteiger partial charge in [-0.15, -0.1) is 0 Å². The smallest absolute Gasteiger partial charge is 0.272 e. The number of amides is 1. The molecule has 24 heavy (non-hydrogen) atoms. The number of benzene rings is 1. The van der Waals surface area contributed by atoms with E-state index in [4.69, 9.17) is 11.6 Å². The molecule has 1 fully saturated rings. The second-order valence-corrected chi connectivity index (χ2v) is 6.81. The lowest BCUT2D eigenvalue weighted by Gasteiger charge is -2.31. The molecule has 0 unspecified atom stereocenters. The van der Waals surface area contributed by atoms with Crippen LogP contribution in [-0.4, -0.2) is 33.0 Å². The molecule has 0 aliphatic heterocycles. The van der Waals surface area contributed by atoms with Crippen LogP contribution in [0.5, 0.6) is 0 Å². The second-order valence-electron chi connectivity index (χ2n) is 6.42. The predicted octanol–water partition coefficient (Wildman–Crippen LogP) is 3.68. The minimum absolute atomic E-state index is 0.207. The number of hydrogen-bond acceptors (Lipinski definition) is 3. The van der Waals surface area contributed by atoms with Crippen LogP contribution in [0.2, 0.25) is 5.15 Å². The molecule has 5 heteroatoms. The molecule has 1 N–H and O–H groups in total. The molecule has 4 nitrogen and oxygen atoms in total. The van der Waals surface area contributed by atoms with E-state index in [0.717, 1.165) is 31.2 Å². The largest absolute Gasteiger partial charge is 0.388 e. The lowest BCUT2D eigenvalue weighted by atomic mass is 10.0. The molecule has 126 valence electrons. The third-order valence-corrected chi connectivity index (χ3v) is 4.67. The fourth-order valence-electron chi connectivity index (χ4n) is 3.24. The van der Waals surface area contributed by atoms with Gasteiger partial charge in [-0.2, -0.15) is 0 Å². The van der Waals surface area contributed by atoms with Crippen LogP contribution in [0.25, 0.3) is 0 Å². The van der Waals surface area contributed by atoms with Gasteiger partial charge in [-0.25, -0.2) is 4.98 Å². The first-order chi connectivity index (χ1) is 11.6. The summed E-state index contributed by atoms with van der Waals surface area (Å²) in [6.07, 6.45) is 3.46. The van der Waals surface area contributed by atoms with Crippen molar-refractivity contribution in [1.29, 1.82) is 0 Å². The van der Waals surface area contributed by atoms with Gasteiger partial charge in [-0.1, -0.05) is 60.8 Å². The van der Waals surface area contributed by atoms with Crippen LogP contribution < -0.4 is 0 Å².